The highest BCUT2D eigenvalue weighted by Crippen LogP contribution is 2.21. The van der Waals surface area contributed by atoms with Crippen LogP contribution in [0.4, 0.5) is 0 Å². The molecule has 0 aliphatic carbocycles. The number of rotatable bonds is 5. The van der Waals surface area contributed by atoms with Gasteiger partial charge in [0.15, 0.2) is 0 Å². The summed E-state index contributed by atoms with van der Waals surface area (Å²) in [7, 11) is 2.07. The summed E-state index contributed by atoms with van der Waals surface area (Å²) in [5, 5.41) is 1.01. The molecule has 3 aromatic rings. The monoisotopic (exact) mass is 377 g/mol. The second-order valence-corrected chi connectivity index (χ2v) is 8.11. The standard InChI is InChI=1S/C17H17BrN2OS/c1-11(20(2)10-12-7-8-16(18)22-12)17(21)14-9-19-15-6-4-3-5-13(14)15/h3-9,11,19H,10H2,1-2H3/p+1/t11-/m0/s1. The Hall–Kier alpha value is -1.43. The largest absolute Gasteiger partial charge is 0.360 e. The first-order valence-corrected chi connectivity index (χ1v) is 8.84. The number of benzene rings is 1. The number of ketones is 1. The molecular formula is C17H18BrN2OS+. The lowest BCUT2D eigenvalue weighted by Gasteiger charge is -2.19. The number of fused-ring (bicyclic) bond motifs is 1. The van der Waals surface area contributed by atoms with E-state index in [1.807, 2.05) is 37.4 Å². The minimum atomic E-state index is -0.0833. The van der Waals surface area contributed by atoms with Crippen LogP contribution in [0.15, 0.2) is 46.4 Å². The molecule has 0 aliphatic heterocycles. The molecule has 0 bridgehead atoms. The number of aromatic nitrogens is 1. The van der Waals surface area contributed by atoms with Crippen LogP contribution in [0.5, 0.6) is 0 Å². The highest BCUT2D eigenvalue weighted by Gasteiger charge is 2.25. The molecule has 114 valence electrons. The maximum absolute atomic E-state index is 12.8. The van der Waals surface area contributed by atoms with Crippen molar-refractivity contribution in [3.05, 3.63) is 56.8 Å². The van der Waals surface area contributed by atoms with Crippen molar-refractivity contribution in [2.75, 3.05) is 7.05 Å². The summed E-state index contributed by atoms with van der Waals surface area (Å²) in [6, 6.07) is 12.0. The Morgan fingerprint density at radius 3 is 2.82 bits per heavy atom. The van der Waals surface area contributed by atoms with Crippen molar-refractivity contribution in [1.29, 1.82) is 0 Å². The van der Waals surface area contributed by atoms with Crippen molar-refractivity contribution in [3.63, 3.8) is 0 Å². The number of quaternary nitrogens is 1. The highest BCUT2D eigenvalue weighted by atomic mass is 79.9. The van der Waals surface area contributed by atoms with Gasteiger partial charge in [-0.3, -0.25) is 4.79 Å². The number of hydrogen-bond acceptors (Lipinski definition) is 2. The summed E-state index contributed by atoms with van der Waals surface area (Å²) in [4.78, 5) is 18.5. The molecule has 2 aromatic heterocycles. The van der Waals surface area contributed by atoms with Crippen molar-refractivity contribution in [3.8, 4) is 0 Å². The lowest BCUT2D eigenvalue weighted by atomic mass is 10.0. The smallest absolute Gasteiger partial charge is 0.221 e. The second-order valence-electron chi connectivity index (χ2n) is 5.56. The number of aromatic amines is 1. The zero-order chi connectivity index (χ0) is 15.7. The van der Waals surface area contributed by atoms with Gasteiger partial charge in [0.2, 0.25) is 5.78 Å². The van der Waals surface area contributed by atoms with Crippen LogP contribution in [-0.2, 0) is 6.54 Å². The van der Waals surface area contributed by atoms with Crippen LogP contribution >= 0.6 is 27.3 Å². The first-order chi connectivity index (χ1) is 10.6. The van der Waals surface area contributed by atoms with Gasteiger partial charge in [-0.15, -0.1) is 11.3 Å². The van der Waals surface area contributed by atoms with Crippen molar-refractivity contribution in [2.45, 2.75) is 19.5 Å². The van der Waals surface area contributed by atoms with Gasteiger partial charge in [-0.1, -0.05) is 18.2 Å². The summed E-state index contributed by atoms with van der Waals surface area (Å²) in [6.07, 6.45) is 1.83. The van der Waals surface area contributed by atoms with Gasteiger partial charge < -0.3 is 9.88 Å². The number of hydrogen-bond donors (Lipinski definition) is 2. The number of Topliss-reactive ketones (excluding diaryl/α,β-unsaturated/α-hetero) is 1. The van der Waals surface area contributed by atoms with Gasteiger partial charge in [-0.2, -0.15) is 0 Å². The Bertz CT molecular complexity index is 808. The van der Waals surface area contributed by atoms with Gasteiger partial charge in [0.1, 0.15) is 12.6 Å². The second kappa shape index (κ2) is 6.36. The molecule has 2 N–H and O–H groups in total. The van der Waals surface area contributed by atoms with E-state index in [2.05, 4.69) is 40.1 Å². The van der Waals surface area contributed by atoms with E-state index in [-0.39, 0.29) is 11.8 Å². The minimum absolute atomic E-state index is 0.0833. The third-order valence-electron chi connectivity index (χ3n) is 4.07. The van der Waals surface area contributed by atoms with Crippen LogP contribution < -0.4 is 4.90 Å². The van der Waals surface area contributed by atoms with E-state index in [0.717, 1.165) is 26.8 Å². The molecule has 5 heteroatoms. The van der Waals surface area contributed by atoms with Crippen LogP contribution in [-0.4, -0.2) is 23.9 Å². The van der Waals surface area contributed by atoms with E-state index in [1.54, 1.807) is 11.3 Å². The molecule has 2 atom stereocenters. The van der Waals surface area contributed by atoms with Gasteiger partial charge >= 0.3 is 0 Å². The lowest BCUT2D eigenvalue weighted by Crippen LogP contribution is -3.12. The van der Waals surface area contributed by atoms with Crippen LogP contribution in [0.3, 0.4) is 0 Å². The van der Waals surface area contributed by atoms with Crippen LogP contribution in [0, 0.1) is 0 Å². The van der Waals surface area contributed by atoms with E-state index in [0.29, 0.717) is 0 Å². The SMILES string of the molecule is C[C@@H](C(=O)c1c[nH]c2ccccc12)[NH+](C)Cc1ccc(Br)s1. The highest BCUT2D eigenvalue weighted by molar-refractivity contribution is 9.11. The molecule has 1 aromatic carbocycles. The molecule has 0 spiro atoms. The van der Waals surface area contributed by atoms with E-state index in [9.17, 15) is 4.79 Å². The fourth-order valence-electron chi connectivity index (χ4n) is 2.61. The number of halogens is 1. The van der Waals surface area contributed by atoms with Crippen molar-refractivity contribution < 1.29 is 9.69 Å². The summed E-state index contributed by atoms with van der Waals surface area (Å²) in [5.74, 6) is 0.186. The maximum Gasteiger partial charge on any atom is 0.221 e. The molecule has 1 unspecified atom stereocenters. The summed E-state index contributed by atoms with van der Waals surface area (Å²) in [6.45, 7) is 2.85. The number of carbonyl (C=O) groups is 1. The van der Waals surface area contributed by atoms with E-state index in [4.69, 9.17) is 0 Å². The van der Waals surface area contributed by atoms with Gasteiger partial charge in [-0.25, -0.2) is 0 Å². The number of thiophene rings is 1. The summed E-state index contributed by atoms with van der Waals surface area (Å²) in [5.41, 5.74) is 1.80. The Labute approximate surface area is 142 Å². The summed E-state index contributed by atoms with van der Waals surface area (Å²) < 4.78 is 1.13. The first-order valence-electron chi connectivity index (χ1n) is 7.23. The number of nitrogens with one attached hydrogen (secondary N) is 2. The van der Waals surface area contributed by atoms with E-state index >= 15 is 0 Å². The topological polar surface area (TPSA) is 37.3 Å². The van der Waals surface area contributed by atoms with Crippen molar-refractivity contribution >= 4 is 44.0 Å². The molecule has 0 fully saturated rings. The minimum Gasteiger partial charge on any atom is -0.360 e. The Morgan fingerprint density at radius 1 is 1.32 bits per heavy atom. The maximum atomic E-state index is 12.8. The molecule has 22 heavy (non-hydrogen) atoms. The average molecular weight is 378 g/mol. The van der Waals surface area contributed by atoms with E-state index < -0.39 is 0 Å². The van der Waals surface area contributed by atoms with Crippen LogP contribution in [0.25, 0.3) is 10.9 Å². The first kappa shape index (κ1) is 15.5. The van der Waals surface area contributed by atoms with Crippen LogP contribution in [0.2, 0.25) is 0 Å². The van der Waals surface area contributed by atoms with Gasteiger partial charge in [0, 0.05) is 22.7 Å². The average Bonchev–Trinajstić information content (AvgIpc) is 3.12. The molecule has 0 saturated heterocycles. The number of H-pyrrole nitrogens is 1. The Morgan fingerprint density at radius 2 is 2.09 bits per heavy atom. The van der Waals surface area contributed by atoms with Crippen molar-refractivity contribution in [1.82, 2.24) is 4.98 Å². The summed E-state index contributed by atoms with van der Waals surface area (Å²) >= 11 is 5.21. The number of para-hydroxylation sites is 1. The van der Waals surface area contributed by atoms with Gasteiger partial charge in [0.05, 0.1) is 15.7 Å². The lowest BCUT2D eigenvalue weighted by molar-refractivity contribution is -0.907. The fraction of sp³-hybridized carbons (Fsp3) is 0.235. The molecule has 3 rings (SSSR count). The van der Waals surface area contributed by atoms with Gasteiger partial charge in [0.25, 0.3) is 0 Å². The number of likely N-dealkylation sites (N-methyl/N-ethyl adjacent to an activating group) is 1. The van der Waals surface area contributed by atoms with Gasteiger partial charge in [-0.05, 0) is 41.1 Å². The predicted molar refractivity (Wildman–Crippen MR) is 94.7 cm³/mol. The molecule has 0 saturated carbocycles. The zero-order valence-electron chi connectivity index (χ0n) is 12.5. The fourth-order valence-corrected chi connectivity index (χ4v) is 4.19. The molecule has 0 amide bonds. The third kappa shape index (κ3) is 3.02. The quantitative estimate of drug-likeness (QED) is 0.657. The molecule has 3 nitrogen and oxygen atoms in total. The van der Waals surface area contributed by atoms with Crippen molar-refractivity contribution in [2.24, 2.45) is 0 Å². The Balaban J connectivity index is 1.79. The molecular weight excluding hydrogens is 360 g/mol. The Kier molecular flexibility index (Phi) is 4.47. The molecule has 2 heterocycles. The normalized spacial score (nSPS) is 14.1. The van der Waals surface area contributed by atoms with Crippen LogP contribution in [0.1, 0.15) is 22.2 Å². The zero-order valence-corrected chi connectivity index (χ0v) is 14.9. The molecule has 0 aliphatic rings. The molecule has 0 radical (unpaired) electrons. The van der Waals surface area contributed by atoms with E-state index in [1.165, 1.54) is 9.78 Å². The predicted octanol–water partition coefficient (Wildman–Crippen LogP) is 3.28. The number of carbonyl (C=O) groups excluding carboxylic acids is 1. The third-order valence-corrected chi connectivity index (χ3v) is 5.69.